The monoisotopic (exact) mass is 1320 g/mol. The topological polar surface area (TPSA) is 104 Å². The summed E-state index contributed by atoms with van der Waals surface area (Å²) in [6.45, 7) is 32.4. The summed E-state index contributed by atoms with van der Waals surface area (Å²) in [4.78, 5) is 43.7. The number of hydrogen-bond donors (Lipinski definition) is 1. The Hall–Kier alpha value is -6.57. The molecule has 0 spiro atoms. The summed E-state index contributed by atoms with van der Waals surface area (Å²) in [5.74, 6) is 7.14. The minimum Gasteiger partial charge on any atom is -0.449 e. The fourth-order valence-electron chi connectivity index (χ4n) is 11.0. The molecule has 0 radical (unpaired) electrons. The highest BCUT2D eigenvalue weighted by atomic mass is 35.5. The second-order valence-electron chi connectivity index (χ2n) is 27.4. The highest BCUT2D eigenvalue weighted by Gasteiger charge is 2.20. The molecule has 8 nitrogen and oxygen atoms in total. The summed E-state index contributed by atoms with van der Waals surface area (Å²) < 4.78 is 5.67. The summed E-state index contributed by atoms with van der Waals surface area (Å²) in [5.41, 5.74) is 5.89. The normalized spacial score (nSPS) is 12.3. The Balaban J connectivity index is 0.00000120. The van der Waals surface area contributed by atoms with Crippen molar-refractivity contribution >= 4 is 52.0 Å². The van der Waals surface area contributed by atoms with Gasteiger partial charge in [-0.25, -0.2) is 9.69 Å². The number of rotatable bonds is 36. The van der Waals surface area contributed by atoms with Crippen molar-refractivity contribution in [1.82, 2.24) is 0 Å². The Morgan fingerprint density at radius 1 is 0.411 bits per heavy atom. The molecular weight excluding hydrogens is 1190 g/mol. The summed E-state index contributed by atoms with van der Waals surface area (Å²) in [7, 11) is 0. The van der Waals surface area contributed by atoms with Crippen molar-refractivity contribution in [3.05, 3.63) is 206 Å². The molecule has 0 saturated heterocycles. The molecule has 0 bridgehead atoms. The van der Waals surface area contributed by atoms with Crippen molar-refractivity contribution in [1.29, 1.82) is 0 Å². The third-order valence-corrected chi connectivity index (χ3v) is 17.1. The van der Waals surface area contributed by atoms with Gasteiger partial charge < -0.3 is 9.84 Å². The summed E-state index contributed by atoms with van der Waals surface area (Å²) in [6.07, 6.45) is 29.2. The lowest BCUT2D eigenvalue weighted by molar-refractivity contribution is -0.191. The number of para-hydroxylation sites is 4. The number of nitrogens with zero attached hydrogens (tertiary/aromatic N) is 2. The van der Waals surface area contributed by atoms with E-state index in [0.29, 0.717) is 31.0 Å². The SMILES string of the molecule is C.C=CC(C)CCCC(C)CCCC(C)C.CC(C)CCCC(C)CCCC(C)CCO.CC(C)CCCC(C)CCCC(C)CCOC(=O)N(c1ccccc1)c1ccccc1.O=C(Cl)N(c1ccccc1)c1ccccc1.O=C=O.c1ccc(Cc2ccccc2)cc1. The van der Waals surface area contributed by atoms with E-state index in [1.54, 1.807) is 4.90 Å². The van der Waals surface area contributed by atoms with Crippen LogP contribution in [0.5, 0.6) is 0 Å². The Labute approximate surface area is 585 Å². The molecule has 6 rings (SSSR count). The molecule has 0 fully saturated rings. The predicted molar refractivity (Wildman–Crippen MR) is 409 cm³/mol. The van der Waals surface area contributed by atoms with Gasteiger partial charge in [0.15, 0.2) is 0 Å². The maximum Gasteiger partial charge on any atom is 0.418 e. The van der Waals surface area contributed by atoms with E-state index in [0.717, 1.165) is 77.5 Å². The van der Waals surface area contributed by atoms with Gasteiger partial charge in [0.25, 0.3) is 0 Å². The first kappa shape index (κ1) is 88.4. The minimum absolute atomic E-state index is 0. The lowest BCUT2D eigenvalue weighted by atomic mass is 9.93. The fraction of sp³-hybridized carbons (Fsp3) is 0.523. The van der Waals surface area contributed by atoms with Crippen LogP contribution in [0.15, 0.2) is 195 Å². The second kappa shape index (κ2) is 57.7. The molecule has 0 aliphatic heterocycles. The molecule has 0 aromatic heterocycles. The number of halogens is 1. The smallest absolute Gasteiger partial charge is 0.418 e. The number of carbonyl (C=O) groups is 2. The number of ether oxygens (including phenoxy) is 1. The van der Waals surface area contributed by atoms with Crippen LogP contribution < -0.4 is 9.80 Å². The molecule has 95 heavy (non-hydrogen) atoms. The minimum atomic E-state index is -0.516. The van der Waals surface area contributed by atoms with E-state index < -0.39 is 5.37 Å². The first-order valence-corrected chi connectivity index (χ1v) is 36.1. The van der Waals surface area contributed by atoms with Crippen molar-refractivity contribution in [2.45, 2.75) is 225 Å². The summed E-state index contributed by atoms with van der Waals surface area (Å²) in [5, 5.41) is 8.30. The van der Waals surface area contributed by atoms with Gasteiger partial charge >= 0.3 is 17.6 Å². The molecule has 6 unspecified atom stereocenters. The fourth-order valence-corrected chi connectivity index (χ4v) is 11.2. The quantitative estimate of drug-likeness (QED) is 0.0239. The van der Waals surface area contributed by atoms with Crippen molar-refractivity contribution in [2.24, 2.45) is 53.3 Å². The first-order chi connectivity index (χ1) is 45.2. The lowest BCUT2D eigenvalue weighted by Gasteiger charge is -2.23. The van der Waals surface area contributed by atoms with Crippen LogP contribution in [-0.2, 0) is 20.7 Å². The van der Waals surface area contributed by atoms with Gasteiger partial charge in [0, 0.05) is 6.61 Å². The maximum absolute atomic E-state index is 12.9. The van der Waals surface area contributed by atoms with Gasteiger partial charge in [-0.15, -0.1) is 6.58 Å². The number of carbonyl (C=O) groups excluding carboxylic acids is 4. The Morgan fingerprint density at radius 3 is 0.937 bits per heavy atom. The molecule has 0 saturated carbocycles. The van der Waals surface area contributed by atoms with Crippen LogP contribution in [0.4, 0.5) is 32.3 Å². The number of hydrogen-bond acceptors (Lipinski definition) is 6. The van der Waals surface area contributed by atoms with Gasteiger partial charge in [-0.05, 0) is 150 Å². The predicted octanol–water partition coefficient (Wildman–Crippen LogP) is 26.2. The lowest BCUT2D eigenvalue weighted by Crippen LogP contribution is -2.27. The molecule has 526 valence electrons. The second-order valence-corrected chi connectivity index (χ2v) is 27.7. The number of aliphatic hydroxyl groups is 1. The van der Waals surface area contributed by atoms with Crippen LogP contribution in [0.1, 0.15) is 230 Å². The molecule has 2 amide bonds. The van der Waals surface area contributed by atoms with Crippen molar-refractivity contribution in [3.8, 4) is 0 Å². The molecule has 9 heteroatoms. The summed E-state index contributed by atoms with van der Waals surface area (Å²) in [6, 6.07) is 59.0. The average Bonchev–Trinajstić information content (AvgIpc) is 0.987. The molecule has 6 aromatic carbocycles. The number of benzene rings is 6. The first-order valence-electron chi connectivity index (χ1n) is 35.7. The van der Waals surface area contributed by atoms with Gasteiger partial charge in [-0.2, -0.15) is 9.59 Å². The van der Waals surface area contributed by atoms with Gasteiger partial charge in [-0.1, -0.05) is 339 Å². The van der Waals surface area contributed by atoms with Crippen LogP contribution in [0.25, 0.3) is 0 Å². The number of aliphatic hydroxyl groups excluding tert-OH is 1. The van der Waals surface area contributed by atoms with E-state index in [1.165, 1.54) is 132 Å². The largest absolute Gasteiger partial charge is 0.449 e. The van der Waals surface area contributed by atoms with Crippen LogP contribution in [0, 0.1) is 53.3 Å². The van der Waals surface area contributed by atoms with Crippen LogP contribution in [0.2, 0.25) is 0 Å². The van der Waals surface area contributed by atoms with E-state index in [2.05, 4.69) is 156 Å². The van der Waals surface area contributed by atoms with Gasteiger partial charge in [-0.3, -0.25) is 9.69 Å². The number of allylic oxidation sites excluding steroid dienone is 1. The van der Waals surface area contributed by atoms with Crippen LogP contribution >= 0.6 is 11.6 Å². The molecule has 6 aromatic rings. The van der Waals surface area contributed by atoms with Crippen LogP contribution in [-0.4, -0.2) is 35.9 Å². The maximum atomic E-state index is 12.9. The van der Waals surface area contributed by atoms with E-state index in [4.69, 9.17) is 31.0 Å². The van der Waals surface area contributed by atoms with Crippen molar-refractivity contribution in [3.63, 3.8) is 0 Å². The number of anilines is 4. The van der Waals surface area contributed by atoms with E-state index in [1.807, 2.05) is 121 Å². The third kappa shape index (κ3) is 47.1. The van der Waals surface area contributed by atoms with Gasteiger partial charge in [0.05, 0.1) is 29.4 Å². The van der Waals surface area contributed by atoms with Crippen molar-refractivity contribution in [2.75, 3.05) is 23.0 Å². The van der Waals surface area contributed by atoms with Crippen LogP contribution in [0.3, 0.4) is 0 Å². The summed E-state index contributed by atoms with van der Waals surface area (Å²) >= 11 is 5.60. The van der Waals surface area contributed by atoms with Crippen molar-refractivity contribution < 1.29 is 29.0 Å². The van der Waals surface area contributed by atoms with E-state index in [-0.39, 0.29) is 19.7 Å². The zero-order valence-electron chi connectivity index (χ0n) is 60.3. The van der Waals surface area contributed by atoms with Gasteiger partial charge in [0.2, 0.25) is 0 Å². The average molecular weight is 1320 g/mol. The highest BCUT2D eigenvalue weighted by Crippen LogP contribution is 2.29. The zero-order valence-corrected chi connectivity index (χ0v) is 61.1. The zero-order chi connectivity index (χ0) is 69.6. The van der Waals surface area contributed by atoms with E-state index >= 15 is 0 Å². The third-order valence-electron chi connectivity index (χ3n) is 16.9. The molecule has 1 N–H and O–H groups in total. The Bertz CT molecular complexity index is 2630. The van der Waals surface area contributed by atoms with Gasteiger partial charge in [0.1, 0.15) is 0 Å². The molecule has 6 atom stereocenters. The number of amides is 2. The molecule has 0 aliphatic rings. The Kier molecular flexibility index (Phi) is 53.7. The molecular formula is C86H129ClN2O6. The molecule has 0 aliphatic carbocycles. The molecule has 0 heterocycles. The van der Waals surface area contributed by atoms with E-state index in [9.17, 15) is 9.59 Å². The standard InChI is InChI=1S/C28H41NO2.C15H32O.C15H30.C13H10ClNO.C13H12.CO2.CH4/c1-23(2)13-11-14-24(3)15-12-16-25(4)21-22-31-28(30)29(26-17-7-5-8-18-26)27-19-9-6-10-20-27;1-13(2)7-5-8-14(3)9-6-10-15(4)11-12-16;1-6-14(4)10-8-12-15(5)11-7-9-13(2)3;14-13(16)15(11-7-3-1-4-8-11)12-9-5-2-6-10-12;1-3-7-12(8-4-1)11-13-9-5-2-6-10-13;2-1-3;/h5-10,17-20,23-25H,11-16,21-22H2,1-4H3;13-16H,5-12H2,1-4H3;6,13-15H,1,7-12H2,2-5H3;1-10H;1-10H,11H2;;1H4. The highest BCUT2D eigenvalue weighted by molar-refractivity contribution is 6.67. The Morgan fingerprint density at radius 2 is 0.663 bits per heavy atom.